The van der Waals surface area contributed by atoms with Crippen molar-refractivity contribution in [3.63, 3.8) is 0 Å². The van der Waals surface area contributed by atoms with Crippen LogP contribution in [0.25, 0.3) is 0 Å². The van der Waals surface area contributed by atoms with Crippen LogP contribution >= 0.6 is 11.8 Å². The van der Waals surface area contributed by atoms with Crippen LogP contribution in [0.2, 0.25) is 0 Å². The molecule has 0 atom stereocenters. The van der Waals surface area contributed by atoms with Gasteiger partial charge in [0.15, 0.2) is 5.17 Å². The minimum absolute atomic E-state index is 0.637. The molecule has 2 rings (SSSR count). The maximum absolute atomic E-state index is 5.91. The summed E-state index contributed by atoms with van der Waals surface area (Å²) in [6, 6.07) is 8.78. The van der Waals surface area contributed by atoms with Gasteiger partial charge in [0.25, 0.3) is 0 Å². The number of rotatable bonds is 5. The van der Waals surface area contributed by atoms with Gasteiger partial charge in [0.1, 0.15) is 0 Å². The van der Waals surface area contributed by atoms with E-state index in [2.05, 4.69) is 61.3 Å². The number of aliphatic imine (C=N–C) groups is 1. The van der Waals surface area contributed by atoms with Crippen molar-refractivity contribution in [1.82, 2.24) is 0 Å². The van der Waals surface area contributed by atoms with E-state index in [1.54, 1.807) is 11.8 Å². The van der Waals surface area contributed by atoms with Crippen LogP contribution in [0.1, 0.15) is 30.9 Å². The average molecular weight is 312 g/mol. The van der Waals surface area contributed by atoms with Crippen LogP contribution in [0.15, 0.2) is 64.8 Å². The van der Waals surface area contributed by atoms with Crippen LogP contribution in [0.5, 0.6) is 0 Å². The number of aryl methyl sites for hydroxylation is 2. The Labute approximate surface area is 137 Å². The third kappa shape index (κ3) is 5.57. The van der Waals surface area contributed by atoms with Gasteiger partial charge in [-0.1, -0.05) is 66.2 Å². The zero-order valence-corrected chi connectivity index (χ0v) is 14.2. The molecule has 0 radical (unpaired) electrons. The quantitative estimate of drug-likeness (QED) is 0.628. The lowest BCUT2D eigenvalue weighted by Crippen LogP contribution is -2.06. The van der Waals surface area contributed by atoms with Gasteiger partial charge in [-0.25, -0.2) is 4.99 Å². The fourth-order valence-corrected chi connectivity index (χ4v) is 2.78. The molecule has 0 amide bonds. The predicted molar refractivity (Wildman–Crippen MR) is 99.2 cm³/mol. The van der Waals surface area contributed by atoms with Crippen molar-refractivity contribution in [2.75, 3.05) is 5.75 Å². The highest BCUT2D eigenvalue weighted by Crippen LogP contribution is 2.19. The Morgan fingerprint density at radius 2 is 2.00 bits per heavy atom. The SMILES string of the molecule is CCSC(N)=NC1=CC=CCC(CCc2ccc(C)cc2)=C1. The second-order valence-electron chi connectivity index (χ2n) is 5.40. The molecular formula is C19H24N2S. The highest BCUT2D eigenvalue weighted by atomic mass is 32.2. The van der Waals surface area contributed by atoms with Gasteiger partial charge in [-0.3, -0.25) is 0 Å². The molecular weight excluding hydrogens is 288 g/mol. The third-order valence-electron chi connectivity index (χ3n) is 3.52. The number of hydrogen-bond donors (Lipinski definition) is 1. The highest BCUT2D eigenvalue weighted by Gasteiger charge is 2.03. The van der Waals surface area contributed by atoms with E-state index in [1.807, 2.05) is 6.08 Å². The van der Waals surface area contributed by atoms with Crippen molar-refractivity contribution in [3.05, 3.63) is 71.0 Å². The molecule has 0 unspecified atom stereocenters. The molecule has 0 saturated carbocycles. The van der Waals surface area contributed by atoms with Gasteiger partial charge in [-0.05, 0) is 49.7 Å². The molecule has 22 heavy (non-hydrogen) atoms. The van der Waals surface area contributed by atoms with Gasteiger partial charge in [-0.2, -0.15) is 0 Å². The number of nitrogens with two attached hydrogens (primary N) is 1. The molecule has 0 aromatic heterocycles. The van der Waals surface area contributed by atoms with E-state index in [-0.39, 0.29) is 0 Å². The summed E-state index contributed by atoms with van der Waals surface area (Å²) in [7, 11) is 0. The van der Waals surface area contributed by atoms with Crippen molar-refractivity contribution >= 4 is 16.9 Å². The van der Waals surface area contributed by atoms with Crippen LogP contribution < -0.4 is 5.73 Å². The molecule has 2 N–H and O–H groups in total. The summed E-state index contributed by atoms with van der Waals surface area (Å²) in [5.41, 5.74) is 11.0. The van der Waals surface area contributed by atoms with Gasteiger partial charge in [0.05, 0.1) is 5.70 Å². The molecule has 3 heteroatoms. The Morgan fingerprint density at radius 1 is 1.23 bits per heavy atom. The van der Waals surface area contributed by atoms with Crippen LogP contribution in [0.3, 0.4) is 0 Å². The fraction of sp³-hybridized carbons (Fsp3) is 0.316. The van der Waals surface area contributed by atoms with Crippen molar-refractivity contribution in [2.24, 2.45) is 10.7 Å². The van der Waals surface area contributed by atoms with E-state index in [9.17, 15) is 0 Å². The lowest BCUT2D eigenvalue weighted by atomic mass is 10.0. The summed E-state index contributed by atoms with van der Waals surface area (Å²) in [6.45, 7) is 4.20. The lowest BCUT2D eigenvalue weighted by Gasteiger charge is -2.06. The van der Waals surface area contributed by atoms with Crippen LogP contribution in [0, 0.1) is 6.92 Å². The molecule has 0 fully saturated rings. The topological polar surface area (TPSA) is 38.4 Å². The summed E-state index contributed by atoms with van der Waals surface area (Å²) in [5.74, 6) is 0.947. The summed E-state index contributed by atoms with van der Waals surface area (Å²) in [6.07, 6.45) is 11.6. The number of benzene rings is 1. The Hall–Kier alpha value is -1.74. The molecule has 1 aliphatic rings. The second kappa shape index (κ2) is 8.64. The van der Waals surface area contributed by atoms with Gasteiger partial charge in [-0.15, -0.1) is 0 Å². The Bertz CT molecular complexity index is 607. The number of amidine groups is 1. The Kier molecular flexibility index (Phi) is 6.53. The standard InChI is InChI=1S/C19H24N2S/c1-3-22-19(20)21-18-7-5-4-6-17(14-18)13-12-16-10-8-15(2)9-11-16/h4-5,7-11,14H,3,6,12-13H2,1-2H3,(H2,20,21). The highest BCUT2D eigenvalue weighted by molar-refractivity contribution is 8.13. The van der Waals surface area contributed by atoms with E-state index < -0.39 is 0 Å². The monoisotopic (exact) mass is 312 g/mol. The van der Waals surface area contributed by atoms with Crippen molar-refractivity contribution in [2.45, 2.75) is 33.1 Å². The van der Waals surface area contributed by atoms with Gasteiger partial charge in [0, 0.05) is 0 Å². The van der Waals surface area contributed by atoms with Gasteiger partial charge in [0.2, 0.25) is 0 Å². The first-order chi connectivity index (χ1) is 10.7. The number of allylic oxidation sites excluding steroid dienone is 5. The maximum Gasteiger partial charge on any atom is 0.159 e. The minimum Gasteiger partial charge on any atom is -0.378 e. The summed E-state index contributed by atoms with van der Waals surface area (Å²) < 4.78 is 0. The first kappa shape index (κ1) is 16.6. The number of thioether (sulfide) groups is 1. The predicted octanol–water partition coefficient (Wildman–Crippen LogP) is 4.77. The number of nitrogens with zero attached hydrogens (tertiary/aromatic N) is 1. The zero-order valence-electron chi connectivity index (χ0n) is 13.4. The molecule has 2 nitrogen and oxygen atoms in total. The Balaban J connectivity index is 2.02. The van der Waals surface area contributed by atoms with Crippen molar-refractivity contribution in [1.29, 1.82) is 0 Å². The van der Waals surface area contributed by atoms with Crippen LogP contribution in [-0.4, -0.2) is 10.9 Å². The minimum atomic E-state index is 0.637. The second-order valence-corrected chi connectivity index (χ2v) is 6.68. The third-order valence-corrected chi connectivity index (χ3v) is 4.20. The first-order valence-corrected chi connectivity index (χ1v) is 8.74. The van der Waals surface area contributed by atoms with Crippen LogP contribution in [0.4, 0.5) is 0 Å². The van der Waals surface area contributed by atoms with E-state index in [0.29, 0.717) is 5.17 Å². The zero-order chi connectivity index (χ0) is 15.8. The first-order valence-electron chi connectivity index (χ1n) is 7.76. The molecule has 0 heterocycles. The summed E-state index contributed by atoms with van der Waals surface area (Å²) >= 11 is 1.58. The lowest BCUT2D eigenvalue weighted by molar-refractivity contribution is 0.909. The van der Waals surface area contributed by atoms with E-state index in [4.69, 9.17) is 5.73 Å². The summed E-state index contributed by atoms with van der Waals surface area (Å²) in [5, 5.41) is 0.637. The largest absolute Gasteiger partial charge is 0.378 e. The molecule has 1 aliphatic carbocycles. The molecule has 1 aromatic carbocycles. The average Bonchev–Trinajstić information content (AvgIpc) is 2.72. The van der Waals surface area contributed by atoms with Gasteiger partial charge < -0.3 is 5.73 Å². The van der Waals surface area contributed by atoms with Gasteiger partial charge >= 0.3 is 0 Å². The van der Waals surface area contributed by atoms with E-state index in [1.165, 1.54) is 16.7 Å². The van der Waals surface area contributed by atoms with Crippen molar-refractivity contribution in [3.8, 4) is 0 Å². The fourth-order valence-electron chi connectivity index (χ4n) is 2.31. The Morgan fingerprint density at radius 3 is 2.73 bits per heavy atom. The van der Waals surface area contributed by atoms with E-state index >= 15 is 0 Å². The summed E-state index contributed by atoms with van der Waals surface area (Å²) in [4.78, 5) is 4.49. The van der Waals surface area contributed by atoms with Crippen LogP contribution in [-0.2, 0) is 6.42 Å². The molecule has 0 saturated heterocycles. The van der Waals surface area contributed by atoms with Crippen molar-refractivity contribution < 1.29 is 0 Å². The number of hydrogen-bond acceptors (Lipinski definition) is 2. The molecule has 0 bridgehead atoms. The normalized spacial score (nSPS) is 15.3. The molecule has 1 aromatic rings. The smallest absolute Gasteiger partial charge is 0.159 e. The van der Waals surface area contributed by atoms with E-state index in [0.717, 1.165) is 30.7 Å². The maximum atomic E-state index is 5.91. The molecule has 0 aliphatic heterocycles. The molecule has 0 spiro atoms. The molecule has 116 valence electrons.